The summed E-state index contributed by atoms with van der Waals surface area (Å²) in [4.78, 5) is 38.8. The third kappa shape index (κ3) is 4.35. The van der Waals surface area contributed by atoms with Crippen molar-refractivity contribution in [1.29, 1.82) is 0 Å². The van der Waals surface area contributed by atoms with Crippen molar-refractivity contribution < 1.29 is 14.1 Å². The number of primary amides is 1. The Hall–Kier alpha value is -3.86. The lowest BCUT2D eigenvalue weighted by Crippen LogP contribution is -2.12. The molecule has 29 heavy (non-hydrogen) atoms. The number of aromatic nitrogens is 5. The standard InChI is InChI=1S/C18H15N7O3S/c19-16(27)12-6-11(8-21-12)13-9-29-18(22-13)23-14(26)3-4-15-24-17(25-28-15)10-2-1-5-20-7-10/h1-2,5-9,21H,3-4H2,(H2,19,27)(H,22,23,26). The first kappa shape index (κ1) is 18.5. The summed E-state index contributed by atoms with van der Waals surface area (Å²) in [5.41, 5.74) is 7.61. The van der Waals surface area contributed by atoms with Crippen LogP contribution in [0, 0.1) is 0 Å². The van der Waals surface area contributed by atoms with Crippen LogP contribution < -0.4 is 11.1 Å². The number of pyridine rings is 1. The first-order valence-corrected chi connectivity index (χ1v) is 9.43. The zero-order chi connectivity index (χ0) is 20.2. The third-order valence-corrected chi connectivity index (χ3v) is 4.71. The SMILES string of the molecule is NC(=O)c1cc(-c2csc(NC(=O)CCc3nc(-c4cccnc4)no3)n2)c[nH]1. The highest BCUT2D eigenvalue weighted by atomic mass is 32.1. The van der Waals surface area contributed by atoms with E-state index in [2.05, 4.69) is 30.4 Å². The second kappa shape index (κ2) is 8.02. The van der Waals surface area contributed by atoms with Crippen molar-refractivity contribution in [1.82, 2.24) is 25.1 Å². The molecule has 0 fully saturated rings. The highest BCUT2D eigenvalue weighted by Gasteiger charge is 2.13. The molecule has 0 radical (unpaired) electrons. The van der Waals surface area contributed by atoms with Gasteiger partial charge in [-0.05, 0) is 18.2 Å². The summed E-state index contributed by atoms with van der Waals surface area (Å²) < 4.78 is 5.18. The van der Waals surface area contributed by atoms with E-state index >= 15 is 0 Å². The smallest absolute Gasteiger partial charge is 0.265 e. The number of hydrogen-bond donors (Lipinski definition) is 3. The number of amides is 2. The molecule has 0 spiro atoms. The minimum Gasteiger partial charge on any atom is -0.364 e. The molecule has 0 aliphatic carbocycles. The Kier molecular flexibility index (Phi) is 5.12. The maximum atomic E-state index is 12.2. The van der Waals surface area contributed by atoms with Crippen LogP contribution in [-0.2, 0) is 11.2 Å². The van der Waals surface area contributed by atoms with Crippen LogP contribution in [0.3, 0.4) is 0 Å². The zero-order valence-corrected chi connectivity index (χ0v) is 15.8. The van der Waals surface area contributed by atoms with Gasteiger partial charge in [-0.2, -0.15) is 4.98 Å². The van der Waals surface area contributed by atoms with Crippen molar-refractivity contribution in [3.05, 3.63) is 53.8 Å². The van der Waals surface area contributed by atoms with Crippen molar-refractivity contribution in [2.45, 2.75) is 12.8 Å². The van der Waals surface area contributed by atoms with Gasteiger partial charge >= 0.3 is 0 Å². The summed E-state index contributed by atoms with van der Waals surface area (Å²) in [5.74, 6) is 0.0247. The first-order chi connectivity index (χ1) is 14.1. The molecule has 4 rings (SSSR count). The van der Waals surface area contributed by atoms with E-state index in [4.69, 9.17) is 10.3 Å². The van der Waals surface area contributed by atoms with Crippen LogP contribution in [0.15, 0.2) is 46.7 Å². The van der Waals surface area contributed by atoms with Crippen molar-refractivity contribution in [3.8, 4) is 22.6 Å². The van der Waals surface area contributed by atoms with Crippen molar-refractivity contribution >= 4 is 28.3 Å². The van der Waals surface area contributed by atoms with Crippen LogP contribution in [-0.4, -0.2) is 36.9 Å². The molecule has 4 heterocycles. The molecule has 0 aromatic carbocycles. The van der Waals surface area contributed by atoms with Crippen molar-refractivity contribution in [3.63, 3.8) is 0 Å². The van der Waals surface area contributed by atoms with Gasteiger partial charge in [-0.25, -0.2) is 4.98 Å². The number of anilines is 1. The fraction of sp³-hybridized carbons (Fsp3) is 0.111. The number of H-pyrrole nitrogens is 1. The number of nitrogens with two attached hydrogens (primary N) is 1. The molecular formula is C18H15N7O3S. The van der Waals surface area contributed by atoms with Gasteiger partial charge in [0.2, 0.25) is 17.6 Å². The molecule has 4 aromatic rings. The van der Waals surface area contributed by atoms with Gasteiger partial charge in [-0.15, -0.1) is 11.3 Å². The predicted molar refractivity (Wildman–Crippen MR) is 105 cm³/mol. The summed E-state index contributed by atoms with van der Waals surface area (Å²) >= 11 is 1.28. The molecular weight excluding hydrogens is 394 g/mol. The number of hydrogen-bond acceptors (Lipinski definition) is 8. The third-order valence-electron chi connectivity index (χ3n) is 3.95. The van der Waals surface area contributed by atoms with Gasteiger partial charge in [-0.1, -0.05) is 5.16 Å². The number of nitrogens with one attached hydrogen (secondary N) is 2. The van der Waals surface area contributed by atoms with Crippen LogP contribution in [0.4, 0.5) is 5.13 Å². The molecule has 0 saturated heterocycles. The normalized spacial score (nSPS) is 10.8. The fourth-order valence-electron chi connectivity index (χ4n) is 2.52. The van der Waals surface area contributed by atoms with Gasteiger partial charge in [0.1, 0.15) is 5.69 Å². The summed E-state index contributed by atoms with van der Waals surface area (Å²) in [5, 5.41) is 8.86. The Labute approximate surface area is 168 Å². The van der Waals surface area contributed by atoms with E-state index in [1.165, 1.54) is 11.3 Å². The van der Waals surface area contributed by atoms with Crippen molar-refractivity contribution in [2.24, 2.45) is 5.73 Å². The second-order valence-electron chi connectivity index (χ2n) is 6.01. The minimum absolute atomic E-state index is 0.166. The van der Waals surface area contributed by atoms with E-state index in [0.29, 0.717) is 40.2 Å². The molecule has 4 N–H and O–H groups in total. The molecule has 0 aliphatic heterocycles. The molecule has 146 valence electrons. The topological polar surface area (TPSA) is 153 Å². The molecule has 0 unspecified atom stereocenters. The summed E-state index contributed by atoms with van der Waals surface area (Å²) in [6.45, 7) is 0. The second-order valence-corrected chi connectivity index (χ2v) is 6.86. The lowest BCUT2D eigenvalue weighted by molar-refractivity contribution is -0.116. The predicted octanol–water partition coefficient (Wildman–Crippen LogP) is 2.25. The largest absolute Gasteiger partial charge is 0.364 e. The number of aromatic amines is 1. The Bertz CT molecular complexity index is 1150. The summed E-state index contributed by atoms with van der Waals surface area (Å²) in [6, 6.07) is 5.22. The number of carbonyl (C=O) groups excluding carboxylic acids is 2. The van der Waals surface area contributed by atoms with Crippen molar-refractivity contribution in [2.75, 3.05) is 5.32 Å². The number of aryl methyl sites for hydroxylation is 1. The van der Waals surface area contributed by atoms with E-state index in [9.17, 15) is 9.59 Å². The fourth-order valence-corrected chi connectivity index (χ4v) is 3.26. The van der Waals surface area contributed by atoms with Gasteiger partial charge in [0, 0.05) is 47.9 Å². The lowest BCUT2D eigenvalue weighted by atomic mass is 10.2. The van der Waals surface area contributed by atoms with E-state index in [1.807, 2.05) is 6.07 Å². The number of carbonyl (C=O) groups is 2. The Balaban J connectivity index is 1.33. The van der Waals surface area contributed by atoms with E-state index in [0.717, 1.165) is 5.56 Å². The average Bonchev–Trinajstić information content (AvgIpc) is 3.47. The molecule has 0 atom stereocenters. The number of nitrogens with zero attached hydrogens (tertiary/aromatic N) is 4. The molecule has 0 aliphatic rings. The highest BCUT2D eigenvalue weighted by molar-refractivity contribution is 7.14. The highest BCUT2D eigenvalue weighted by Crippen LogP contribution is 2.25. The van der Waals surface area contributed by atoms with Gasteiger partial charge in [0.15, 0.2) is 5.13 Å². The Morgan fingerprint density at radius 2 is 2.17 bits per heavy atom. The molecule has 11 heteroatoms. The summed E-state index contributed by atoms with van der Waals surface area (Å²) in [7, 11) is 0. The van der Waals surface area contributed by atoms with E-state index in [1.54, 1.807) is 36.1 Å². The van der Waals surface area contributed by atoms with Crippen LogP contribution >= 0.6 is 11.3 Å². The average molecular weight is 409 g/mol. The number of rotatable bonds is 7. The van der Waals surface area contributed by atoms with E-state index in [-0.39, 0.29) is 12.3 Å². The Morgan fingerprint density at radius 1 is 1.28 bits per heavy atom. The van der Waals surface area contributed by atoms with Crippen LogP contribution in [0.5, 0.6) is 0 Å². The van der Waals surface area contributed by atoms with Gasteiger partial charge < -0.3 is 20.6 Å². The zero-order valence-electron chi connectivity index (χ0n) is 15.0. The molecule has 10 nitrogen and oxygen atoms in total. The quantitative estimate of drug-likeness (QED) is 0.423. The van der Waals surface area contributed by atoms with E-state index < -0.39 is 5.91 Å². The monoisotopic (exact) mass is 409 g/mol. The van der Waals surface area contributed by atoms with Crippen LogP contribution in [0.1, 0.15) is 22.8 Å². The molecule has 0 bridgehead atoms. The maximum absolute atomic E-state index is 12.2. The lowest BCUT2D eigenvalue weighted by Gasteiger charge is -1.99. The summed E-state index contributed by atoms with van der Waals surface area (Å²) in [6.07, 6.45) is 5.40. The van der Waals surface area contributed by atoms with Gasteiger partial charge in [0.05, 0.1) is 5.69 Å². The van der Waals surface area contributed by atoms with Crippen LogP contribution in [0.2, 0.25) is 0 Å². The number of thiazole rings is 1. The molecule has 4 aromatic heterocycles. The first-order valence-electron chi connectivity index (χ1n) is 8.55. The van der Waals surface area contributed by atoms with Gasteiger partial charge in [0.25, 0.3) is 5.91 Å². The van der Waals surface area contributed by atoms with Crippen LogP contribution in [0.25, 0.3) is 22.6 Å². The Morgan fingerprint density at radius 3 is 2.93 bits per heavy atom. The molecule has 0 saturated carbocycles. The minimum atomic E-state index is -0.548. The maximum Gasteiger partial charge on any atom is 0.265 e. The molecule has 2 amide bonds. The van der Waals surface area contributed by atoms with Gasteiger partial charge in [-0.3, -0.25) is 14.6 Å².